The second-order valence-electron chi connectivity index (χ2n) is 13.3. The van der Waals surface area contributed by atoms with Crippen LogP contribution in [0.3, 0.4) is 0 Å². The van der Waals surface area contributed by atoms with Gasteiger partial charge in [0, 0.05) is 56.0 Å². The summed E-state index contributed by atoms with van der Waals surface area (Å²) in [5.74, 6) is -0.233. The van der Waals surface area contributed by atoms with Gasteiger partial charge in [0.15, 0.2) is 0 Å². The third kappa shape index (κ3) is 8.03. The fourth-order valence-electron chi connectivity index (χ4n) is 7.20. The number of nitrogens with zero attached hydrogens (tertiary/aromatic N) is 4. The zero-order valence-corrected chi connectivity index (χ0v) is 28.9. The van der Waals surface area contributed by atoms with Gasteiger partial charge in [-0.25, -0.2) is 21.6 Å². The molecule has 3 aliphatic heterocycles. The number of carbonyl (C=O) groups is 1. The number of benzene rings is 2. The van der Waals surface area contributed by atoms with E-state index in [1.165, 1.54) is 16.4 Å². The van der Waals surface area contributed by atoms with Crippen LogP contribution in [-0.4, -0.2) is 80.7 Å². The third-order valence-corrected chi connectivity index (χ3v) is 12.5. The molecule has 11 nitrogen and oxygen atoms in total. The first kappa shape index (κ1) is 35.5. The van der Waals surface area contributed by atoms with Gasteiger partial charge in [0.1, 0.15) is 0 Å². The van der Waals surface area contributed by atoms with Crippen molar-refractivity contribution in [2.24, 2.45) is 5.41 Å². The Bertz CT molecular complexity index is 1910. The fourth-order valence-corrected chi connectivity index (χ4v) is 9.10. The molecule has 0 radical (unpaired) electrons. The molecule has 4 heterocycles. The number of likely N-dealkylation sites (tertiary alicyclic amines) is 1. The minimum absolute atomic E-state index is 0.0276. The molecule has 0 saturated carbocycles. The monoisotopic (exact) mass is 722 g/mol. The topological polar surface area (TPSA) is 134 Å². The van der Waals surface area contributed by atoms with Crippen molar-refractivity contribution in [2.75, 3.05) is 39.0 Å². The van der Waals surface area contributed by atoms with Crippen molar-refractivity contribution in [1.82, 2.24) is 29.0 Å². The molecular formula is C33H41F3N6O5S2. The molecule has 2 saturated heterocycles. The van der Waals surface area contributed by atoms with Crippen molar-refractivity contribution in [3.05, 3.63) is 76.5 Å². The number of aryl methyl sites for hydroxylation is 1. The van der Waals surface area contributed by atoms with Gasteiger partial charge in [-0.05, 0) is 68.6 Å². The molecule has 0 unspecified atom stereocenters. The molecule has 266 valence electrons. The first-order chi connectivity index (χ1) is 23.1. The van der Waals surface area contributed by atoms with Gasteiger partial charge in [0.2, 0.25) is 26.0 Å². The molecule has 0 atom stereocenters. The lowest BCUT2D eigenvalue weighted by Gasteiger charge is -2.37. The maximum atomic E-state index is 14.1. The standard InChI is InChI=1S/C33H41F3N6O5S2/c1-48(44,45)41-17-10-29-27(22-41)30(39-42(29)16-5-15-40-18-12-32(13-19-40)11-14-37-31(32)43)25-8-9-28(33(34,35)36)26(20-25)21-38-49(46,47)23-24-6-3-2-4-7-24/h2-4,6-9,20,38H,5,10-19,21-23H2,1H3,(H,37,43). The molecule has 6 rings (SSSR count). The van der Waals surface area contributed by atoms with E-state index >= 15 is 0 Å². The molecule has 1 aromatic heterocycles. The lowest BCUT2D eigenvalue weighted by atomic mass is 9.77. The van der Waals surface area contributed by atoms with Crippen LogP contribution in [0.2, 0.25) is 0 Å². The summed E-state index contributed by atoms with van der Waals surface area (Å²) in [6.07, 6.45) is 0.0313. The Labute approximate surface area is 285 Å². The largest absolute Gasteiger partial charge is 0.416 e. The quantitative estimate of drug-likeness (QED) is 0.310. The predicted octanol–water partition coefficient (Wildman–Crippen LogP) is 3.50. The average molecular weight is 723 g/mol. The Morgan fingerprint density at radius 3 is 2.37 bits per heavy atom. The molecule has 0 bridgehead atoms. The summed E-state index contributed by atoms with van der Waals surface area (Å²) in [4.78, 5) is 14.7. The summed E-state index contributed by atoms with van der Waals surface area (Å²) in [6, 6.07) is 11.9. The SMILES string of the molecule is CS(=O)(=O)N1CCc2c(c(-c3ccc(C(F)(F)F)c(CNS(=O)(=O)Cc4ccccc4)c3)nn2CCCN2CCC3(CCNC3=O)CC2)C1. The molecule has 1 amide bonds. The van der Waals surface area contributed by atoms with Crippen LogP contribution >= 0.6 is 0 Å². The second-order valence-corrected chi connectivity index (χ2v) is 17.0. The van der Waals surface area contributed by atoms with Crippen LogP contribution in [-0.2, 0) is 62.8 Å². The summed E-state index contributed by atoms with van der Waals surface area (Å²) in [7, 11) is -7.52. The highest BCUT2D eigenvalue weighted by Gasteiger charge is 2.44. The summed E-state index contributed by atoms with van der Waals surface area (Å²) < 4.78 is 98.5. The van der Waals surface area contributed by atoms with Crippen LogP contribution in [0.4, 0.5) is 13.2 Å². The lowest BCUT2D eigenvalue weighted by Crippen LogP contribution is -2.44. The zero-order valence-electron chi connectivity index (χ0n) is 27.3. The lowest BCUT2D eigenvalue weighted by molar-refractivity contribution is -0.138. The number of nitrogens with one attached hydrogen (secondary N) is 2. The van der Waals surface area contributed by atoms with Crippen molar-refractivity contribution in [2.45, 2.75) is 63.7 Å². The summed E-state index contributed by atoms with van der Waals surface area (Å²) >= 11 is 0. The molecule has 2 aromatic carbocycles. The van der Waals surface area contributed by atoms with Gasteiger partial charge < -0.3 is 10.2 Å². The van der Waals surface area contributed by atoms with E-state index in [0.717, 1.165) is 69.9 Å². The minimum atomic E-state index is -4.74. The molecule has 0 aliphatic carbocycles. The smallest absolute Gasteiger partial charge is 0.356 e. The maximum Gasteiger partial charge on any atom is 0.416 e. The molecule has 16 heteroatoms. The number of aromatic nitrogens is 2. The van der Waals surface area contributed by atoms with E-state index in [9.17, 15) is 34.8 Å². The molecule has 3 aliphatic rings. The van der Waals surface area contributed by atoms with E-state index < -0.39 is 38.3 Å². The van der Waals surface area contributed by atoms with Gasteiger partial charge in [-0.1, -0.05) is 36.4 Å². The Hall–Kier alpha value is -3.31. The number of piperidine rings is 1. The molecular weight excluding hydrogens is 682 g/mol. The normalized spacial score (nSPS) is 18.9. The number of fused-ring (bicyclic) bond motifs is 1. The Morgan fingerprint density at radius 2 is 1.71 bits per heavy atom. The predicted molar refractivity (Wildman–Crippen MR) is 178 cm³/mol. The number of alkyl halides is 3. The van der Waals surface area contributed by atoms with Gasteiger partial charge in [0.25, 0.3) is 0 Å². The van der Waals surface area contributed by atoms with Gasteiger partial charge in [-0.15, -0.1) is 0 Å². The van der Waals surface area contributed by atoms with E-state index in [2.05, 4.69) is 14.9 Å². The Kier molecular flexibility index (Phi) is 9.98. The van der Waals surface area contributed by atoms with Crippen LogP contribution < -0.4 is 10.0 Å². The third-order valence-electron chi connectivity index (χ3n) is 9.96. The van der Waals surface area contributed by atoms with Crippen molar-refractivity contribution >= 4 is 26.0 Å². The molecule has 49 heavy (non-hydrogen) atoms. The fraction of sp³-hybridized carbons (Fsp3) is 0.515. The van der Waals surface area contributed by atoms with E-state index in [-0.39, 0.29) is 35.7 Å². The van der Waals surface area contributed by atoms with Crippen LogP contribution in [0.1, 0.15) is 53.6 Å². The highest BCUT2D eigenvalue weighted by molar-refractivity contribution is 7.88. The average Bonchev–Trinajstić information content (AvgIpc) is 3.59. The second kappa shape index (κ2) is 13.8. The van der Waals surface area contributed by atoms with Crippen molar-refractivity contribution in [3.8, 4) is 11.3 Å². The molecule has 1 spiro atoms. The summed E-state index contributed by atoms with van der Waals surface area (Å²) in [5, 5.41) is 7.79. The van der Waals surface area contributed by atoms with Crippen LogP contribution in [0, 0.1) is 5.41 Å². The zero-order chi connectivity index (χ0) is 35.0. The highest BCUT2D eigenvalue weighted by Crippen LogP contribution is 2.39. The molecule has 3 aromatic rings. The Balaban J connectivity index is 1.24. The van der Waals surface area contributed by atoms with Crippen LogP contribution in [0.15, 0.2) is 48.5 Å². The number of amides is 1. The maximum absolute atomic E-state index is 14.1. The van der Waals surface area contributed by atoms with Crippen LogP contribution in [0.25, 0.3) is 11.3 Å². The van der Waals surface area contributed by atoms with Gasteiger partial charge >= 0.3 is 6.18 Å². The van der Waals surface area contributed by atoms with E-state index in [0.29, 0.717) is 35.3 Å². The number of hydrogen-bond acceptors (Lipinski definition) is 7. The number of sulfonamides is 2. The van der Waals surface area contributed by atoms with Crippen molar-refractivity contribution in [1.29, 1.82) is 0 Å². The van der Waals surface area contributed by atoms with Gasteiger partial charge in [0.05, 0.1) is 28.7 Å². The summed E-state index contributed by atoms with van der Waals surface area (Å²) in [6.45, 7) is 3.38. The van der Waals surface area contributed by atoms with E-state index in [1.54, 1.807) is 30.3 Å². The van der Waals surface area contributed by atoms with Crippen molar-refractivity contribution in [3.63, 3.8) is 0 Å². The first-order valence-corrected chi connectivity index (χ1v) is 19.9. The van der Waals surface area contributed by atoms with Gasteiger partial charge in [-0.3, -0.25) is 9.48 Å². The Morgan fingerprint density at radius 1 is 0.980 bits per heavy atom. The number of carbonyl (C=O) groups excluding carboxylic acids is 1. The molecule has 2 N–H and O–H groups in total. The van der Waals surface area contributed by atoms with Gasteiger partial charge in [-0.2, -0.15) is 22.6 Å². The van der Waals surface area contributed by atoms with Crippen LogP contribution in [0.5, 0.6) is 0 Å². The van der Waals surface area contributed by atoms with Crippen molar-refractivity contribution < 1.29 is 34.8 Å². The summed E-state index contributed by atoms with van der Waals surface area (Å²) in [5.41, 5.74) is 1.18. The first-order valence-electron chi connectivity index (χ1n) is 16.4. The van der Waals surface area contributed by atoms with E-state index in [4.69, 9.17) is 5.10 Å². The highest BCUT2D eigenvalue weighted by atomic mass is 32.2. The number of rotatable bonds is 11. The van der Waals surface area contributed by atoms with E-state index in [1.807, 2.05) is 4.68 Å². The number of hydrogen-bond donors (Lipinski definition) is 2. The molecule has 2 fully saturated rings. The minimum Gasteiger partial charge on any atom is -0.356 e. The number of halogens is 3.